The number of carbonyl (C=O) groups excluding carboxylic acids is 4. The minimum atomic E-state index is -0.771. The molecular formula is C22H25ClN2O7. The number of halogens is 1. The lowest BCUT2D eigenvalue weighted by molar-refractivity contribution is -0.143. The lowest BCUT2D eigenvalue weighted by Gasteiger charge is -2.35. The first kappa shape index (κ1) is 23.6. The molecule has 0 atom stereocenters. The number of nitrogens with one attached hydrogen (secondary N) is 1. The average molecular weight is 465 g/mol. The Balaban J connectivity index is 1.92. The number of hydrogen-bond donors (Lipinski definition) is 1. The number of imide groups is 2. The van der Waals surface area contributed by atoms with E-state index in [4.69, 9.17) is 21.1 Å². The zero-order chi connectivity index (χ0) is 23.3. The standard InChI is InChI=1S/C22H25ClN2O7/c1-3-31-17-11-13(10-16(23)19(17)32-12-18(26)30-2)9-15-20(27)24-22(29)25(21(15)28)14-7-5-4-6-8-14/h9-11,14H,3-8,12H2,1-2H3,(H,24,27,29). The van der Waals surface area contributed by atoms with E-state index in [2.05, 4.69) is 10.1 Å². The Bertz CT molecular complexity index is 954. The minimum absolute atomic E-state index is 0.121. The summed E-state index contributed by atoms with van der Waals surface area (Å²) in [5, 5.41) is 2.37. The minimum Gasteiger partial charge on any atom is -0.490 e. The van der Waals surface area contributed by atoms with Crippen LogP contribution in [0.15, 0.2) is 17.7 Å². The third-order valence-corrected chi connectivity index (χ3v) is 5.56. The summed E-state index contributed by atoms with van der Waals surface area (Å²) >= 11 is 6.32. The van der Waals surface area contributed by atoms with Crippen molar-refractivity contribution < 1.29 is 33.4 Å². The van der Waals surface area contributed by atoms with E-state index in [0.717, 1.165) is 24.2 Å². The SMILES string of the molecule is CCOc1cc(C=C2C(=O)NC(=O)N(C3CCCCC3)C2=O)cc(Cl)c1OCC(=O)OC. The number of methoxy groups -OCH3 is 1. The first-order valence-electron chi connectivity index (χ1n) is 10.4. The van der Waals surface area contributed by atoms with Crippen molar-refractivity contribution in [2.24, 2.45) is 0 Å². The van der Waals surface area contributed by atoms with E-state index in [1.165, 1.54) is 25.3 Å². The van der Waals surface area contributed by atoms with Gasteiger partial charge in [-0.25, -0.2) is 9.59 Å². The number of ether oxygens (including phenoxy) is 3. The van der Waals surface area contributed by atoms with E-state index in [9.17, 15) is 19.2 Å². The van der Waals surface area contributed by atoms with Crippen molar-refractivity contribution >= 4 is 41.5 Å². The zero-order valence-electron chi connectivity index (χ0n) is 17.9. The van der Waals surface area contributed by atoms with E-state index >= 15 is 0 Å². The highest BCUT2D eigenvalue weighted by molar-refractivity contribution is 6.33. The van der Waals surface area contributed by atoms with Crippen LogP contribution in [0, 0.1) is 0 Å². The molecule has 0 spiro atoms. The van der Waals surface area contributed by atoms with E-state index in [1.807, 2.05) is 0 Å². The third kappa shape index (κ3) is 5.21. The molecule has 0 bridgehead atoms. The molecule has 0 aromatic heterocycles. The fourth-order valence-corrected chi connectivity index (χ4v) is 4.05. The molecule has 2 fully saturated rings. The fraction of sp³-hybridized carbons (Fsp3) is 0.455. The maximum Gasteiger partial charge on any atom is 0.343 e. The quantitative estimate of drug-likeness (QED) is 0.375. The van der Waals surface area contributed by atoms with Gasteiger partial charge >= 0.3 is 12.0 Å². The molecule has 2 aliphatic rings. The van der Waals surface area contributed by atoms with Crippen molar-refractivity contribution in [3.8, 4) is 11.5 Å². The molecule has 0 radical (unpaired) electrons. The van der Waals surface area contributed by atoms with Crippen LogP contribution in [0.25, 0.3) is 6.08 Å². The van der Waals surface area contributed by atoms with E-state index in [0.29, 0.717) is 18.4 Å². The lowest BCUT2D eigenvalue weighted by atomic mass is 9.93. The van der Waals surface area contributed by atoms with Crippen LogP contribution in [0.3, 0.4) is 0 Å². The maximum atomic E-state index is 13.1. The number of rotatable bonds is 7. The van der Waals surface area contributed by atoms with E-state index in [-0.39, 0.29) is 41.4 Å². The topological polar surface area (TPSA) is 111 Å². The van der Waals surface area contributed by atoms with E-state index < -0.39 is 23.8 Å². The Kier molecular flexibility index (Phi) is 7.74. The Morgan fingerprint density at radius 1 is 1.19 bits per heavy atom. The van der Waals surface area contributed by atoms with Gasteiger partial charge in [0.2, 0.25) is 0 Å². The first-order chi connectivity index (χ1) is 15.3. The summed E-state index contributed by atoms with van der Waals surface area (Å²) in [4.78, 5) is 50.4. The van der Waals surface area contributed by atoms with Gasteiger partial charge in [0.15, 0.2) is 18.1 Å². The van der Waals surface area contributed by atoms with Gasteiger partial charge in [0.25, 0.3) is 11.8 Å². The highest BCUT2D eigenvalue weighted by Crippen LogP contribution is 2.37. The van der Waals surface area contributed by atoms with Crippen molar-refractivity contribution in [3.05, 3.63) is 28.3 Å². The highest BCUT2D eigenvalue weighted by atomic mass is 35.5. The average Bonchev–Trinajstić information content (AvgIpc) is 2.76. The molecule has 0 unspecified atom stereocenters. The number of nitrogens with zero attached hydrogens (tertiary/aromatic N) is 1. The lowest BCUT2D eigenvalue weighted by Crippen LogP contribution is -2.58. The summed E-state index contributed by atoms with van der Waals surface area (Å²) < 4.78 is 15.5. The van der Waals surface area contributed by atoms with Crippen LogP contribution in [0.4, 0.5) is 4.79 Å². The second-order valence-electron chi connectivity index (χ2n) is 7.41. The molecule has 4 amide bonds. The molecule has 1 aliphatic heterocycles. The largest absolute Gasteiger partial charge is 0.490 e. The molecule has 1 aliphatic carbocycles. The Morgan fingerprint density at radius 3 is 2.56 bits per heavy atom. The van der Waals surface area contributed by atoms with Crippen molar-refractivity contribution in [1.29, 1.82) is 0 Å². The second-order valence-corrected chi connectivity index (χ2v) is 7.82. The molecule has 172 valence electrons. The van der Waals surface area contributed by atoms with Gasteiger partial charge in [0, 0.05) is 6.04 Å². The summed E-state index contributed by atoms with van der Waals surface area (Å²) in [6.07, 6.45) is 5.70. The smallest absolute Gasteiger partial charge is 0.343 e. The second kappa shape index (κ2) is 10.5. The number of esters is 1. The number of amides is 4. The van der Waals surface area contributed by atoms with Crippen LogP contribution in [0.5, 0.6) is 11.5 Å². The summed E-state index contributed by atoms with van der Waals surface area (Å²) in [7, 11) is 1.24. The summed E-state index contributed by atoms with van der Waals surface area (Å²) in [5.41, 5.74) is 0.234. The van der Waals surface area contributed by atoms with Gasteiger partial charge in [-0.1, -0.05) is 30.9 Å². The third-order valence-electron chi connectivity index (χ3n) is 5.28. The predicted octanol–water partition coefficient (Wildman–Crippen LogP) is 3.09. The van der Waals surface area contributed by atoms with Gasteiger partial charge in [-0.2, -0.15) is 0 Å². The molecular weight excluding hydrogens is 440 g/mol. The molecule has 32 heavy (non-hydrogen) atoms. The van der Waals surface area contributed by atoms with Crippen LogP contribution >= 0.6 is 11.6 Å². The Hall–Kier alpha value is -3.07. The summed E-state index contributed by atoms with van der Waals surface area (Å²) in [6, 6.07) is 2.09. The van der Waals surface area contributed by atoms with Crippen LogP contribution in [0.1, 0.15) is 44.6 Å². The molecule has 1 heterocycles. The van der Waals surface area contributed by atoms with Crippen molar-refractivity contribution in [2.45, 2.75) is 45.1 Å². The van der Waals surface area contributed by atoms with Crippen molar-refractivity contribution in [2.75, 3.05) is 20.3 Å². The van der Waals surface area contributed by atoms with Crippen molar-refractivity contribution in [1.82, 2.24) is 10.2 Å². The molecule has 1 saturated heterocycles. The molecule has 1 aromatic carbocycles. The van der Waals surface area contributed by atoms with Gasteiger partial charge in [0.1, 0.15) is 5.57 Å². The van der Waals surface area contributed by atoms with Crippen molar-refractivity contribution in [3.63, 3.8) is 0 Å². The normalized spacial score (nSPS) is 18.5. The number of carbonyl (C=O) groups is 4. The van der Waals surface area contributed by atoms with Crippen LogP contribution in [0.2, 0.25) is 5.02 Å². The van der Waals surface area contributed by atoms with E-state index in [1.54, 1.807) is 6.92 Å². The first-order valence-corrected chi connectivity index (χ1v) is 10.8. The zero-order valence-corrected chi connectivity index (χ0v) is 18.7. The molecule has 1 saturated carbocycles. The van der Waals surface area contributed by atoms with Gasteiger partial charge in [-0.05, 0) is 43.5 Å². The number of urea groups is 1. The van der Waals surface area contributed by atoms with Crippen LogP contribution in [-0.2, 0) is 19.1 Å². The van der Waals surface area contributed by atoms with Gasteiger partial charge in [0.05, 0.1) is 18.7 Å². The fourth-order valence-electron chi connectivity index (χ4n) is 3.77. The van der Waals surface area contributed by atoms with Gasteiger partial charge in [-0.3, -0.25) is 19.8 Å². The Morgan fingerprint density at radius 2 is 1.91 bits per heavy atom. The van der Waals surface area contributed by atoms with Gasteiger partial charge in [-0.15, -0.1) is 0 Å². The maximum absolute atomic E-state index is 13.1. The molecule has 1 aromatic rings. The number of hydrogen-bond acceptors (Lipinski definition) is 7. The van der Waals surface area contributed by atoms with Crippen LogP contribution < -0.4 is 14.8 Å². The molecule has 1 N–H and O–H groups in total. The molecule has 10 heteroatoms. The monoisotopic (exact) mass is 464 g/mol. The predicted molar refractivity (Wildman–Crippen MR) is 115 cm³/mol. The summed E-state index contributed by atoms with van der Waals surface area (Å²) in [5.74, 6) is -1.62. The Labute approximate surface area is 190 Å². The molecule has 3 rings (SSSR count). The number of benzene rings is 1. The molecule has 9 nitrogen and oxygen atoms in total. The van der Waals surface area contributed by atoms with Gasteiger partial charge < -0.3 is 14.2 Å². The highest BCUT2D eigenvalue weighted by Gasteiger charge is 2.40. The van der Waals surface area contributed by atoms with Crippen LogP contribution in [-0.4, -0.2) is 55.1 Å². The summed E-state index contributed by atoms with van der Waals surface area (Å²) in [6.45, 7) is 1.68. The number of barbiturate groups is 1.